The molecule has 0 aliphatic heterocycles. The fraction of sp³-hybridized carbons (Fsp3) is 0.500. The first-order valence-corrected chi connectivity index (χ1v) is 5.95. The molecule has 0 unspecified atom stereocenters. The highest BCUT2D eigenvalue weighted by Crippen LogP contribution is 2.08. The molecule has 92 valence electrons. The zero-order chi connectivity index (χ0) is 12.3. The van der Waals surface area contributed by atoms with E-state index in [4.69, 9.17) is 0 Å². The van der Waals surface area contributed by atoms with E-state index in [1.54, 1.807) is 0 Å². The minimum atomic E-state index is 0.764. The van der Waals surface area contributed by atoms with Gasteiger partial charge in [-0.1, -0.05) is 6.92 Å². The predicted molar refractivity (Wildman–Crippen MR) is 67.8 cm³/mol. The molecule has 2 heterocycles. The van der Waals surface area contributed by atoms with Gasteiger partial charge in [-0.2, -0.15) is 10.2 Å². The van der Waals surface area contributed by atoms with Crippen LogP contribution in [-0.4, -0.2) is 19.6 Å². The second kappa shape index (κ2) is 5.03. The Morgan fingerprint density at radius 2 is 2.24 bits per heavy atom. The molecule has 0 aromatic carbocycles. The maximum atomic E-state index is 4.35. The van der Waals surface area contributed by atoms with Crippen LogP contribution >= 0.6 is 0 Å². The average Bonchev–Trinajstić information content (AvgIpc) is 2.85. The van der Waals surface area contributed by atoms with E-state index in [2.05, 4.69) is 28.6 Å². The normalized spacial score (nSPS) is 10.8. The van der Waals surface area contributed by atoms with Gasteiger partial charge >= 0.3 is 0 Å². The van der Waals surface area contributed by atoms with Crippen molar-refractivity contribution in [3.8, 4) is 0 Å². The molecule has 2 aromatic rings. The smallest absolute Gasteiger partial charge is 0.148 e. The maximum Gasteiger partial charge on any atom is 0.148 e. The molecule has 0 bridgehead atoms. The van der Waals surface area contributed by atoms with E-state index in [9.17, 15) is 0 Å². The predicted octanol–water partition coefficient (Wildman–Crippen LogP) is 1.95. The van der Waals surface area contributed by atoms with Crippen LogP contribution in [0.15, 0.2) is 18.5 Å². The maximum absolute atomic E-state index is 4.35. The Hall–Kier alpha value is -1.78. The Balaban J connectivity index is 1.92. The molecule has 1 N–H and O–H groups in total. The molecule has 0 aliphatic carbocycles. The number of nitrogens with one attached hydrogen (secondary N) is 1. The summed E-state index contributed by atoms with van der Waals surface area (Å²) in [6.45, 7) is 5.93. The first-order valence-electron chi connectivity index (χ1n) is 5.95. The van der Waals surface area contributed by atoms with Gasteiger partial charge in [0.05, 0.1) is 6.20 Å². The van der Waals surface area contributed by atoms with Crippen LogP contribution in [0.25, 0.3) is 0 Å². The summed E-state index contributed by atoms with van der Waals surface area (Å²) in [6, 6.07) is 2.04. The summed E-state index contributed by atoms with van der Waals surface area (Å²) in [4.78, 5) is 0. The fourth-order valence-electron chi connectivity index (χ4n) is 1.69. The van der Waals surface area contributed by atoms with Crippen molar-refractivity contribution in [3.05, 3.63) is 29.7 Å². The van der Waals surface area contributed by atoms with Gasteiger partial charge in [-0.3, -0.25) is 9.36 Å². The standard InChI is InChI=1S/C12H19N5/c1-4-5-17-9-11(8-14-17)7-13-12-6-10(2)16(3)15-12/h6,8-9H,4-5,7H2,1-3H3,(H,13,15). The number of aryl methyl sites for hydroxylation is 3. The van der Waals surface area contributed by atoms with Gasteiger partial charge in [0.1, 0.15) is 5.82 Å². The second-order valence-corrected chi connectivity index (χ2v) is 4.26. The molecule has 0 aliphatic rings. The molecule has 0 radical (unpaired) electrons. The minimum Gasteiger partial charge on any atom is -0.364 e. The van der Waals surface area contributed by atoms with Crippen LogP contribution in [0.4, 0.5) is 5.82 Å². The highest BCUT2D eigenvalue weighted by molar-refractivity contribution is 5.36. The zero-order valence-electron chi connectivity index (χ0n) is 10.6. The van der Waals surface area contributed by atoms with E-state index in [1.165, 1.54) is 5.56 Å². The lowest BCUT2D eigenvalue weighted by atomic mass is 10.3. The Bertz CT molecular complexity index is 463. The number of aromatic nitrogens is 4. The number of hydrogen-bond donors (Lipinski definition) is 1. The summed E-state index contributed by atoms with van der Waals surface area (Å²) >= 11 is 0. The Labute approximate surface area is 101 Å². The van der Waals surface area contributed by atoms with Crippen molar-refractivity contribution in [2.24, 2.45) is 7.05 Å². The lowest BCUT2D eigenvalue weighted by Crippen LogP contribution is -2.00. The van der Waals surface area contributed by atoms with Gasteiger partial charge in [-0.15, -0.1) is 0 Å². The summed E-state index contributed by atoms with van der Waals surface area (Å²) < 4.78 is 3.84. The van der Waals surface area contributed by atoms with Gasteiger partial charge in [0.2, 0.25) is 0 Å². The van der Waals surface area contributed by atoms with E-state index in [-0.39, 0.29) is 0 Å². The summed E-state index contributed by atoms with van der Waals surface area (Å²) in [5, 5.41) is 11.9. The number of hydrogen-bond acceptors (Lipinski definition) is 3. The van der Waals surface area contributed by atoms with E-state index >= 15 is 0 Å². The summed E-state index contributed by atoms with van der Waals surface area (Å²) in [7, 11) is 1.94. The molecular formula is C12H19N5. The monoisotopic (exact) mass is 233 g/mol. The van der Waals surface area contributed by atoms with E-state index < -0.39 is 0 Å². The second-order valence-electron chi connectivity index (χ2n) is 4.26. The van der Waals surface area contributed by atoms with Crippen molar-refractivity contribution in [1.82, 2.24) is 19.6 Å². The summed E-state index contributed by atoms with van der Waals surface area (Å²) in [6.07, 6.45) is 5.08. The topological polar surface area (TPSA) is 47.7 Å². The van der Waals surface area contributed by atoms with E-state index in [0.29, 0.717) is 0 Å². The van der Waals surface area contributed by atoms with Crippen molar-refractivity contribution < 1.29 is 0 Å². The highest BCUT2D eigenvalue weighted by Gasteiger charge is 2.02. The fourth-order valence-corrected chi connectivity index (χ4v) is 1.69. The Morgan fingerprint density at radius 3 is 2.88 bits per heavy atom. The molecule has 5 heteroatoms. The molecule has 2 rings (SSSR count). The van der Waals surface area contributed by atoms with Gasteiger partial charge in [-0.05, 0) is 13.3 Å². The van der Waals surface area contributed by atoms with Gasteiger partial charge in [0.25, 0.3) is 0 Å². The SMILES string of the molecule is CCCn1cc(CNc2cc(C)n(C)n2)cn1. The van der Waals surface area contributed by atoms with Crippen molar-refractivity contribution in [2.75, 3.05) is 5.32 Å². The van der Waals surface area contributed by atoms with Crippen LogP contribution in [0.3, 0.4) is 0 Å². The first-order chi connectivity index (χ1) is 8.19. The highest BCUT2D eigenvalue weighted by atomic mass is 15.3. The molecule has 0 spiro atoms. The number of rotatable bonds is 5. The third kappa shape index (κ3) is 2.87. The van der Waals surface area contributed by atoms with Crippen LogP contribution in [0.2, 0.25) is 0 Å². The molecule has 0 atom stereocenters. The lowest BCUT2D eigenvalue weighted by Gasteiger charge is -1.99. The molecule has 2 aromatic heterocycles. The van der Waals surface area contributed by atoms with Crippen molar-refractivity contribution >= 4 is 5.82 Å². The minimum absolute atomic E-state index is 0.764. The third-order valence-electron chi connectivity index (χ3n) is 2.73. The van der Waals surface area contributed by atoms with E-state index in [1.807, 2.05) is 35.6 Å². The first kappa shape index (κ1) is 11.7. The number of nitrogens with zero attached hydrogens (tertiary/aromatic N) is 4. The van der Waals surface area contributed by atoms with Crippen molar-refractivity contribution in [2.45, 2.75) is 33.4 Å². The van der Waals surface area contributed by atoms with E-state index in [0.717, 1.165) is 31.0 Å². The lowest BCUT2D eigenvalue weighted by molar-refractivity contribution is 0.602. The van der Waals surface area contributed by atoms with Crippen LogP contribution in [-0.2, 0) is 20.1 Å². The summed E-state index contributed by atoms with van der Waals surface area (Å²) in [5.41, 5.74) is 2.33. The quantitative estimate of drug-likeness (QED) is 0.858. The van der Waals surface area contributed by atoms with Crippen molar-refractivity contribution in [1.29, 1.82) is 0 Å². The molecule has 0 saturated carbocycles. The summed E-state index contributed by atoms with van der Waals surface area (Å²) in [5.74, 6) is 0.910. The third-order valence-corrected chi connectivity index (χ3v) is 2.73. The van der Waals surface area contributed by atoms with Gasteiger partial charge in [0.15, 0.2) is 0 Å². The van der Waals surface area contributed by atoms with Crippen molar-refractivity contribution in [3.63, 3.8) is 0 Å². The number of anilines is 1. The Kier molecular flexibility index (Phi) is 3.46. The molecule has 0 saturated heterocycles. The molecule has 5 nitrogen and oxygen atoms in total. The van der Waals surface area contributed by atoms with Crippen LogP contribution in [0.1, 0.15) is 24.6 Å². The van der Waals surface area contributed by atoms with Crippen LogP contribution in [0, 0.1) is 6.92 Å². The zero-order valence-corrected chi connectivity index (χ0v) is 10.6. The van der Waals surface area contributed by atoms with Gasteiger partial charge < -0.3 is 5.32 Å². The van der Waals surface area contributed by atoms with Crippen LogP contribution in [0.5, 0.6) is 0 Å². The molecular weight excluding hydrogens is 214 g/mol. The van der Waals surface area contributed by atoms with Gasteiger partial charge in [-0.25, -0.2) is 0 Å². The largest absolute Gasteiger partial charge is 0.364 e. The average molecular weight is 233 g/mol. The molecule has 0 amide bonds. The van der Waals surface area contributed by atoms with Gasteiger partial charge in [0, 0.05) is 43.7 Å². The molecule has 0 fully saturated rings. The molecule has 17 heavy (non-hydrogen) atoms. The Morgan fingerprint density at radius 1 is 1.41 bits per heavy atom. The van der Waals surface area contributed by atoms with Crippen LogP contribution < -0.4 is 5.32 Å².